The molecule has 1 amide bonds. The van der Waals surface area contributed by atoms with Crippen LogP contribution in [0.4, 0.5) is 0 Å². The summed E-state index contributed by atoms with van der Waals surface area (Å²) < 4.78 is 4.99. The van der Waals surface area contributed by atoms with E-state index in [9.17, 15) is 9.90 Å². The molecule has 110 valence electrons. The van der Waals surface area contributed by atoms with Gasteiger partial charge in [-0.1, -0.05) is 0 Å². The van der Waals surface area contributed by atoms with Crippen LogP contribution < -0.4 is 4.74 Å². The lowest BCUT2D eigenvalue weighted by molar-refractivity contribution is 0.0659. The molecule has 5 nitrogen and oxygen atoms in total. The Morgan fingerprint density at radius 2 is 2.05 bits per heavy atom. The van der Waals surface area contributed by atoms with Crippen LogP contribution in [0.3, 0.4) is 0 Å². The Kier molecular flexibility index (Phi) is 4.49. The fourth-order valence-electron chi connectivity index (χ4n) is 2.57. The number of piperidine rings is 1. The van der Waals surface area contributed by atoms with Crippen molar-refractivity contribution in [3.63, 3.8) is 0 Å². The standard InChI is InChI=1S/C15H22N2O3/c1-16-8-6-12(7-9-16)17(2)15(19)11-4-5-14(20-3)13(18)10-11/h4-5,10,12,18H,6-9H2,1-3H3. The van der Waals surface area contributed by atoms with Gasteiger partial charge in [0.2, 0.25) is 0 Å². The van der Waals surface area contributed by atoms with Gasteiger partial charge < -0.3 is 19.6 Å². The molecule has 0 bridgehead atoms. The van der Waals surface area contributed by atoms with Gasteiger partial charge in [-0.2, -0.15) is 0 Å². The van der Waals surface area contributed by atoms with E-state index in [-0.39, 0.29) is 17.7 Å². The van der Waals surface area contributed by atoms with Gasteiger partial charge in [-0.15, -0.1) is 0 Å². The van der Waals surface area contributed by atoms with Crippen LogP contribution in [0.25, 0.3) is 0 Å². The highest BCUT2D eigenvalue weighted by Crippen LogP contribution is 2.27. The largest absolute Gasteiger partial charge is 0.504 e. The number of amides is 1. The second-order valence-corrected chi connectivity index (χ2v) is 5.34. The van der Waals surface area contributed by atoms with Crippen molar-refractivity contribution in [1.82, 2.24) is 9.80 Å². The first kappa shape index (κ1) is 14.7. The predicted octanol–water partition coefficient (Wildman–Crippen LogP) is 1.57. The molecule has 5 heteroatoms. The minimum Gasteiger partial charge on any atom is -0.504 e. The van der Waals surface area contributed by atoms with Crippen molar-refractivity contribution in [2.45, 2.75) is 18.9 Å². The summed E-state index contributed by atoms with van der Waals surface area (Å²) in [5, 5.41) is 9.76. The van der Waals surface area contributed by atoms with E-state index in [0.29, 0.717) is 11.3 Å². The van der Waals surface area contributed by atoms with Gasteiger partial charge in [0.25, 0.3) is 5.91 Å². The fourth-order valence-corrected chi connectivity index (χ4v) is 2.57. The topological polar surface area (TPSA) is 53.0 Å². The Labute approximate surface area is 119 Å². The molecule has 1 saturated heterocycles. The summed E-state index contributed by atoms with van der Waals surface area (Å²) in [5.41, 5.74) is 0.490. The lowest BCUT2D eigenvalue weighted by Gasteiger charge is -2.35. The van der Waals surface area contributed by atoms with Crippen molar-refractivity contribution in [2.24, 2.45) is 0 Å². The van der Waals surface area contributed by atoms with Crippen LogP contribution in [-0.4, -0.2) is 61.2 Å². The van der Waals surface area contributed by atoms with Gasteiger partial charge in [-0.25, -0.2) is 0 Å². The summed E-state index contributed by atoms with van der Waals surface area (Å²) in [6.07, 6.45) is 1.97. The summed E-state index contributed by atoms with van der Waals surface area (Å²) in [6, 6.07) is 5.03. The second-order valence-electron chi connectivity index (χ2n) is 5.34. The van der Waals surface area contributed by atoms with Crippen LogP contribution in [-0.2, 0) is 0 Å². The number of likely N-dealkylation sites (tertiary alicyclic amines) is 1. The zero-order valence-electron chi connectivity index (χ0n) is 12.3. The van der Waals surface area contributed by atoms with Crippen molar-refractivity contribution < 1.29 is 14.6 Å². The number of phenolic OH excluding ortho intramolecular Hbond substituents is 1. The number of carbonyl (C=O) groups excluding carboxylic acids is 1. The van der Waals surface area contributed by atoms with Crippen molar-refractivity contribution >= 4 is 5.91 Å². The van der Waals surface area contributed by atoms with Crippen LogP contribution in [0.1, 0.15) is 23.2 Å². The van der Waals surface area contributed by atoms with E-state index in [1.807, 2.05) is 7.05 Å². The average molecular weight is 278 g/mol. The van der Waals surface area contributed by atoms with Gasteiger partial charge in [0.15, 0.2) is 11.5 Å². The molecular formula is C15H22N2O3. The third kappa shape index (κ3) is 3.04. The molecule has 0 unspecified atom stereocenters. The van der Waals surface area contributed by atoms with E-state index < -0.39 is 0 Å². The Morgan fingerprint density at radius 3 is 2.60 bits per heavy atom. The number of phenols is 1. The lowest BCUT2D eigenvalue weighted by atomic mass is 10.0. The molecule has 1 aromatic rings. The molecule has 0 saturated carbocycles. The molecule has 0 aromatic heterocycles. The Hall–Kier alpha value is -1.75. The highest BCUT2D eigenvalue weighted by Gasteiger charge is 2.25. The number of hydrogen-bond acceptors (Lipinski definition) is 4. The fraction of sp³-hybridized carbons (Fsp3) is 0.533. The van der Waals surface area contributed by atoms with E-state index in [2.05, 4.69) is 11.9 Å². The average Bonchev–Trinajstić information content (AvgIpc) is 2.46. The normalized spacial score (nSPS) is 16.9. The van der Waals surface area contributed by atoms with E-state index >= 15 is 0 Å². The molecule has 2 rings (SSSR count). The maximum atomic E-state index is 12.4. The first-order valence-corrected chi connectivity index (χ1v) is 6.85. The van der Waals surface area contributed by atoms with Crippen LogP contribution in [0.5, 0.6) is 11.5 Å². The van der Waals surface area contributed by atoms with Crippen molar-refractivity contribution in [3.8, 4) is 11.5 Å². The van der Waals surface area contributed by atoms with Crippen LogP contribution in [0.15, 0.2) is 18.2 Å². The molecule has 1 aromatic carbocycles. The molecular weight excluding hydrogens is 256 g/mol. The molecule has 1 aliphatic heterocycles. The third-order valence-electron chi connectivity index (χ3n) is 3.98. The molecule has 1 fully saturated rings. The highest BCUT2D eigenvalue weighted by molar-refractivity contribution is 5.95. The minimum atomic E-state index is -0.0579. The molecule has 0 spiro atoms. The molecule has 0 atom stereocenters. The van der Waals surface area contributed by atoms with E-state index in [4.69, 9.17) is 4.74 Å². The van der Waals surface area contributed by atoms with Crippen LogP contribution >= 0.6 is 0 Å². The highest BCUT2D eigenvalue weighted by atomic mass is 16.5. The first-order chi connectivity index (χ1) is 9.52. The smallest absolute Gasteiger partial charge is 0.253 e. The number of ether oxygens (including phenoxy) is 1. The van der Waals surface area contributed by atoms with E-state index in [0.717, 1.165) is 25.9 Å². The first-order valence-electron chi connectivity index (χ1n) is 6.85. The Balaban J connectivity index is 2.08. The van der Waals surface area contributed by atoms with E-state index in [1.165, 1.54) is 13.2 Å². The number of rotatable bonds is 3. The van der Waals surface area contributed by atoms with Gasteiger partial charge in [0.05, 0.1) is 7.11 Å². The van der Waals surface area contributed by atoms with Crippen LogP contribution in [0, 0.1) is 0 Å². The number of nitrogens with zero attached hydrogens (tertiary/aromatic N) is 2. The van der Waals surface area contributed by atoms with Gasteiger partial charge in [0, 0.05) is 18.7 Å². The number of aromatic hydroxyl groups is 1. The maximum absolute atomic E-state index is 12.4. The molecule has 1 heterocycles. The van der Waals surface area contributed by atoms with Gasteiger partial charge in [0.1, 0.15) is 0 Å². The number of carbonyl (C=O) groups is 1. The molecule has 1 aliphatic rings. The lowest BCUT2D eigenvalue weighted by Crippen LogP contribution is -2.44. The second kappa shape index (κ2) is 6.13. The molecule has 0 aliphatic carbocycles. The summed E-state index contributed by atoms with van der Waals surface area (Å²) in [5.74, 6) is 0.316. The third-order valence-corrected chi connectivity index (χ3v) is 3.98. The zero-order valence-corrected chi connectivity index (χ0v) is 12.3. The molecule has 1 N–H and O–H groups in total. The monoisotopic (exact) mass is 278 g/mol. The van der Waals surface area contributed by atoms with Gasteiger partial charge in [-0.05, 0) is 51.2 Å². The number of benzene rings is 1. The van der Waals surface area contributed by atoms with Gasteiger partial charge in [-0.3, -0.25) is 4.79 Å². The summed E-state index contributed by atoms with van der Waals surface area (Å²) in [7, 11) is 5.42. The van der Waals surface area contributed by atoms with Crippen molar-refractivity contribution in [3.05, 3.63) is 23.8 Å². The van der Waals surface area contributed by atoms with Gasteiger partial charge >= 0.3 is 0 Å². The summed E-state index contributed by atoms with van der Waals surface area (Å²) >= 11 is 0. The van der Waals surface area contributed by atoms with Crippen molar-refractivity contribution in [1.29, 1.82) is 0 Å². The quantitative estimate of drug-likeness (QED) is 0.912. The van der Waals surface area contributed by atoms with Crippen LogP contribution in [0.2, 0.25) is 0 Å². The maximum Gasteiger partial charge on any atom is 0.253 e. The van der Waals surface area contributed by atoms with E-state index in [1.54, 1.807) is 17.0 Å². The number of methoxy groups -OCH3 is 1. The molecule has 0 radical (unpaired) electrons. The summed E-state index contributed by atoms with van der Waals surface area (Å²) in [4.78, 5) is 16.5. The summed E-state index contributed by atoms with van der Waals surface area (Å²) in [6.45, 7) is 2.02. The SMILES string of the molecule is COc1ccc(C(=O)N(C)C2CCN(C)CC2)cc1O. The predicted molar refractivity (Wildman–Crippen MR) is 77.3 cm³/mol. The Bertz CT molecular complexity index is 482. The minimum absolute atomic E-state index is 0.00451. The Morgan fingerprint density at radius 1 is 1.40 bits per heavy atom. The molecule has 20 heavy (non-hydrogen) atoms. The zero-order chi connectivity index (χ0) is 14.7. The number of hydrogen-bond donors (Lipinski definition) is 1. The van der Waals surface area contributed by atoms with Crippen molar-refractivity contribution in [2.75, 3.05) is 34.3 Å².